The molecule has 11 heteroatoms. The minimum Gasteiger partial charge on any atom is -0.354 e. The van der Waals surface area contributed by atoms with Gasteiger partial charge in [0.2, 0.25) is 5.95 Å². The number of rotatable bonds is 11. The number of urea groups is 1. The van der Waals surface area contributed by atoms with E-state index in [0.717, 1.165) is 48.5 Å². The standard InChI is InChI=1S/C28H33F2N7O2.C2H6/c1-4-12-32-26(38)18-11-10-17(3)19(15-18)23-20-16-34-28(39)37(24-21(29)8-6-9-22(24)30)25(20)36-27(35-23)33-14-7-13-31-5-2;1-2/h6,8-11,15,31H,4-5,7,12-14,16H2,1-3H3,(H,32,38)(H,34,39)(H,33,35,36);1-2H3. The fraction of sp³-hybridized carbons (Fsp3) is 0.400. The van der Waals surface area contributed by atoms with Crippen molar-refractivity contribution in [3.8, 4) is 11.3 Å². The molecule has 4 rings (SSSR count). The number of anilines is 3. The zero-order chi connectivity index (χ0) is 29.9. The number of hydrogen-bond donors (Lipinski definition) is 4. The monoisotopic (exact) mass is 567 g/mol. The quantitative estimate of drug-likeness (QED) is 0.222. The molecule has 0 saturated carbocycles. The second-order valence-corrected chi connectivity index (χ2v) is 9.18. The Kier molecular flexibility index (Phi) is 11.5. The van der Waals surface area contributed by atoms with Gasteiger partial charge in [-0.3, -0.25) is 4.79 Å². The first-order valence-corrected chi connectivity index (χ1v) is 14.1. The van der Waals surface area contributed by atoms with E-state index in [2.05, 4.69) is 26.3 Å². The molecule has 4 N–H and O–H groups in total. The summed E-state index contributed by atoms with van der Waals surface area (Å²) in [6.45, 7) is 12.6. The number of halogens is 2. The number of aromatic nitrogens is 2. The van der Waals surface area contributed by atoms with Crippen LogP contribution < -0.4 is 26.2 Å². The van der Waals surface area contributed by atoms with E-state index in [1.54, 1.807) is 12.1 Å². The molecule has 0 atom stereocenters. The van der Waals surface area contributed by atoms with E-state index in [4.69, 9.17) is 4.98 Å². The molecular weight excluding hydrogens is 528 g/mol. The molecule has 1 aromatic heterocycles. The third kappa shape index (κ3) is 7.35. The number of aryl methyl sites for hydroxylation is 1. The Morgan fingerprint density at radius 2 is 1.78 bits per heavy atom. The van der Waals surface area contributed by atoms with Gasteiger partial charge in [0.05, 0.1) is 12.2 Å². The van der Waals surface area contributed by atoms with Gasteiger partial charge in [-0.1, -0.05) is 39.8 Å². The molecule has 1 aliphatic heterocycles. The van der Waals surface area contributed by atoms with Gasteiger partial charge in [-0.15, -0.1) is 0 Å². The molecule has 0 fully saturated rings. The summed E-state index contributed by atoms with van der Waals surface area (Å²) in [6, 6.07) is 8.00. The predicted molar refractivity (Wildman–Crippen MR) is 159 cm³/mol. The van der Waals surface area contributed by atoms with Crippen LogP contribution in [0.4, 0.5) is 31.0 Å². The molecule has 41 heavy (non-hydrogen) atoms. The molecule has 2 heterocycles. The molecule has 0 radical (unpaired) electrons. The van der Waals surface area contributed by atoms with Gasteiger partial charge >= 0.3 is 6.03 Å². The molecule has 0 spiro atoms. The molecular formula is C30H39F2N7O2. The van der Waals surface area contributed by atoms with Gasteiger partial charge in [0.25, 0.3) is 5.91 Å². The van der Waals surface area contributed by atoms with E-state index < -0.39 is 23.4 Å². The Labute approximate surface area is 240 Å². The third-order valence-electron chi connectivity index (χ3n) is 6.33. The molecule has 2 aromatic carbocycles. The van der Waals surface area contributed by atoms with Crippen LogP contribution in [0.5, 0.6) is 0 Å². The van der Waals surface area contributed by atoms with Gasteiger partial charge in [0, 0.05) is 29.8 Å². The molecule has 0 saturated heterocycles. The van der Waals surface area contributed by atoms with Gasteiger partial charge in [0.1, 0.15) is 17.3 Å². The van der Waals surface area contributed by atoms with Crippen molar-refractivity contribution in [1.29, 1.82) is 0 Å². The fourth-order valence-corrected chi connectivity index (χ4v) is 4.32. The second kappa shape index (κ2) is 15.0. The van der Waals surface area contributed by atoms with Crippen molar-refractivity contribution < 1.29 is 18.4 Å². The Morgan fingerprint density at radius 3 is 2.46 bits per heavy atom. The van der Waals surface area contributed by atoms with Crippen LogP contribution in [0.25, 0.3) is 11.3 Å². The van der Waals surface area contributed by atoms with Crippen molar-refractivity contribution in [2.24, 2.45) is 0 Å². The first-order valence-electron chi connectivity index (χ1n) is 14.1. The molecule has 0 aliphatic carbocycles. The number of carbonyl (C=O) groups is 2. The van der Waals surface area contributed by atoms with Crippen molar-refractivity contribution in [2.75, 3.05) is 36.4 Å². The maximum atomic E-state index is 14.9. The minimum atomic E-state index is -0.899. The normalized spacial score (nSPS) is 12.2. The predicted octanol–water partition coefficient (Wildman–Crippen LogP) is 5.67. The van der Waals surface area contributed by atoms with Crippen molar-refractivity contribution in [3.63, 3.8) is 0 Å². The lowest BCUT2D eigenvalue weighted by Crippen LogP contribution is -2.43. The van der Waals surface area contributed by atoms with Gasteiger partial charge in [-0.05, 0) is 62.7 Å². The summed E-state index contributed by atoms with van der Waals surface area (Å²) in [6.07, 6.45) is 1.58. The zero-order valence-corrected chi connectivity index (χ0v) is 24.3. The van der Waals surface area contributed by atoms with Crippen LogP contribution in [0.1, 0.15) is 62.0 Å². The maximum absolute atomic E-state index is 14.9. The smallest absolute Gasteiger partial charge is 0.328 e. The van der Waals surface area contributed by atoms with Gasteiger partial charge in [0.15, 0.2) is 5.82 Å². The first kappa shape index (κ1) is 31.4. The lowest BCUT2D eigenvalue weighted by atomic mass is 9.97. The number of hydrogen-bond acceptors (Lipinski definition) is 6. The lowest BCUT2D eigenvalue weighted by Gasteiger charge is -2.31. The van der Waals surface area contributed by atoms with Crippen LogP contribution in [0, 0.1) is 18.6 Å². The highest BCUT2D eigenvalue weighted by atomic mass is 19.1. The maximum Gasteiger partial charge on any atom is 0.328 e. The summed E-state index contributed by atoms with van der Waals surface area (Å²) < 4.78 is 29.8. The summed E-state index contributed by atoms with van der Waals surface area (Å²) >= 11 is 0. The fourth-order valence-electron chi connectivity index (χ4n) is 4.32. The lowest BCUT2D eigenvalue weighted by molar-refractivity contribution is 0.0953. The number of carbonyl (C=O) groups excluding carboxylic acids is 2. The number of nitrogens with one attached hydrogen (secondary N) is 4. The molecule has 1 aliphatic rings. The molecule has 0 unspecified atom stereocenters. The van der Waals surface area contributed by atoms with E-state index in [9.17, 15) is 18.4 Å². The number of nitrogens with zero attached hydrogens (tertiary/aromatic N) is 3. The Hall–Kier alpha value is -4.12. The first-order chi connectivity index (χ1) is 19.8. The minimum absolute atomic E-state index is 0.0441. The van der Waals surface area contributed by atoms with E-state index in [-0.39, 0.29) is 24.2 Å². The Balaban J connectivity index is 0.00000226. The van der Waals surface area contributed by atoms with Gasteiger partial charge in [-0.2, -0.15) is 4.98 Å². The highest BCUT2D eigenvalue weighted by molar-refractivity contribution is 6.02. The number of amides is 3. The van der Waals surface area contributed by atoms with Gasteiger partial charge in [-0.25, -0.2) is 23.5 Å². The van der Waals surface area contributed by atoms with Gasteiger partial charge < -0.3 is 21.3 Å². The number of para-hydroxylation sites is 1. The van der Waals surface area contributed by atoms with Crippen LogP contribution in [-0.4, -0.2) is 48.1 Å². The van der Waals surface area contributed by atoms with Crippen molar-refractivity contribution in [3.05, 3.63) is 64.7 Å². The van der Waals surface area contributed by atoms with Crippen molar-refractivity contribution >= 4 is 29.4 Å². The van der Waals surface area contributed by atoms with E-state index in [0.29, 0.717) is 35.5 Å². The molecule has 0 bridgehead atoms. The summed E-state index contributed by atoms with van der Waals surface area (Å²) in [5.41, 5.74) is 2.35. The average molecular weight is 568 g/mol. The van der Waals surface area contributed by atoms with Crippen molar-refractivity contribution in [1.82, 2.24) is 25.9 Å². The summed E-state index contributed by atoms with van der Waals surface area (Å²) in [7, 11) is 0. The number of benzene rings is 2. The Morgan fingerprint density at radius 1 is 1.05 bits per heavy atom. The highest BCUT2D eigenvalue weighted by Gasteiger charge is 2.34. The summed E-state index contributed by atoms with van der Waals surface area (Å²) in [5.74, 6) is -1.74. The zero-order valence-electron chi connectivity index (χ0n) is 24.3. The molecule has 3 aromatic rings. The van der Waals surface area contributed by atoms with Crippen LogP contribution in [0.15, 0.2) is 36.4 Å². The summed E-state index contributed by atoms with van der Waals surface area (Å²) in [4.78, 5) is 35.9. The number of fused-ring (bicyclic) bond motifs is 1. The molecule has 9 nitrogen and oxygen atoms in total. The average Bonchev–Trinajstić information content (AvgIpc) is 2.97. The van der Waals surface area contributed by atoms with Crippen LogP contribution >= 0.6 is 0 Å². The Bertz CT molecular complexity index is 1350. The SMILES string of the molecule is CC.CCCNC(=O)c1ccc(C)c(-c2nc(NCCCNCC)nc3c2CNC(=O)N3c2c(F)cccc2F)c1. The van der Waals surface area contributed by atoms with Crippen LogP contribution in [0.3, 0.4) is 0 Å². The third-order valence-corrected chi connectivity index (χ3v) is 6.33. The van der Waals surface area contributed by atoms with E-state index >= 15 is 0 Å². The topological polar surface area (TPSA) is 111 Å². The van der Waals surface area contributed by atoms with E-state index in [1.807, 2.05) is 40.7 Å². The molecule has 3 amide bonds. The van der Waals surface area contributed by atoms with Crippen molar-refractivity contribution in [2.45, 2.75) is 54.0 Å². The summed E-state index contributed by atoms with van der Waals surface area (Å²) in [5, 5.41) is 12.0. The largest absolute Gasteiger partial charge is 0.354 e. The highest BCUT2D eigenvalue weighted by Crippen LogP contribution is 2.39. The molecule has 220 valence electrons. The second-order valence-electron chi connectivity index (χ2n) is 9.18. The van der Waals surface area contributed by atoms with E-state index in [1.165, 1.54) is 6.07 Å². The van der Waals surface area contributed by atoms with Crippen LogP contribution in [-0.2, 0) is 6.54 Å². The van der Waals surface area contributed by atoms with Crippen LogP contribution in [0.2, 0.25) is 0 Å².